The average Bonchev–Trinajstić information content (AvgIpc) is 2.41. The number of rotatable bonds is 4. The molecular weight excluding hydrogens is 324 g/mol. The van der Waals surface area contributed by atoms with Gasteiger partial charge in [0, 0.05) is 16.8 Å². The molecule has 0 spiro atoms. The molecule has 0 bridgehead atoms. The summed E-state index contributed by atoms with van der Waals surface area (Å²) in [7, 11) is 0. The summed E-state index contributed by atoms with van der Waals surface area (Å²) < 4.78 is 5.96. The lowest BCUT2D eigenvalue weighted by molar-refractivity contribution is 0.274. The van der Waals surface area contributed by atoms with Crippen LogP contribution in [0.1, 0.15) is 22.6 Å². The molecular formula is C16H14BrClO. The van der Waals surface area contributed by atoms with Crippen molar-refractivity contribution in [2.24, 2.45) is 0 Å². The van der Waals surface area contributed by atoms with E-state index in [0.717, 1.165) is 23.1 Å². The first kappa shape index (κ1) is 13.0. The van der Waals surface area contributed by atoms with Crippen LogP contribution in [0.4, 0.5) is 0 Å². The largest absolute Gasteiger partial charge is 0.491 e. The normalized spacial score (nSPS) is 16.6. The first-order valence-electron chi connectivity index (χ1n) is 6.33. The van der Waals surface area contributed by atoms with Gasteiger partial charge >= 0.3 is 0 Å². The van der Waals surface area contributed by atoms with E-state index in [1.54, 1.807) is 0 Å². The topological polar surface area (TPSA) is 9.23 Å². The van der Waals surface area contributed by atoms with Gasteiger partial charge in [0.25, 0.3) is 0 Å². The van der Waals surface area contributed by atoms with Gasteiger partial charge < -0.3 is 4.74 Å². The second-order valence-corrected chi connectivity index (χ2v) is 5.74. The smallest absolute Gasteiger partial charge is 0.141 e. The molecule has 1 nitrogen and oxygen atoms in total. The molecule has 0 amide bonds. The molecule has 3 rings (SSSR count). The molecule has 2 aromatic rings. The highest BCUT2D eigenvalue weighted by Crippen LogP contribution is 2.37. The number of halogens is 2. The fraction of sp³-hybridized carbons (Fsp3) is 0.250. The minimum atomic E-state index is 0.496. The van der Waals surface area contributed by atoms with Crippen LogP contribution >= 0.6 is 27.5 Å². The maximum Gasteiger partial charge on any atom is 0.141 e. The summed E-state index contributed by atoms with van der Waals surface area (Å²) in [6.45, 7) is 0.695. The molecule has 0 heterocycles. The molecule has 1 unspecified atom stereocenters. The average molecular weight is 338 g/mol. The molecule has 0 aromatic heterocycles. The molecule has 19 heavy (non-hydrogen) atoms. The number of ether oxygens (including phenoxy) is 1. The lowest BCUT2D eigenvalue weighted by Gasteiger charge is -2.30. The van der Waals surface area contributed by atoms with Crippen molar-refractivity contribution in [1.82, 2.24) is 0 Å². The molecule has 3 heteroatoms. The third-order valence-corrected chi connectivity index (χ3v) is 4.48. The first-order chi connectivity index (χ1) is 9.29. The van der Waals surface area contributed by atoms with Crippen LogP contribution in [0.15, 0.2) is 42.5 Å². The van der Waals surface area contributed by atoms with E-state index in [1.165, 1.54) is 11.1 Å². The van der Waals surface area contributed by atoms with Gasteiger partial charge in [-0.1, -0.05) is 63.9 Å². The van der Waals surface area contributed by atoms with Crippen LogP contribution in [0.2, 0.25) is 5.02 Å². The molecule has 0 saturated heterocycles. The standard InChI is InChI=1S/C16H14BrClO/c17-9-12-5-3-7-15(18)16(12)19-10-13-8-11-4-1-2-6-14(11)13/h1-7,13H,8-10H2. The van der Waals surface area contributed by atoms with Gasteiger partial charge in [0.2, 0.25) is 0 Å². The van der Waals surface area contributed by atoms with Crippen molar-refractivity contribution in [2.45, 2.75) is 17.7 Å². The van der Waals surface area contributed by atoms with Gasteiger partial charge in [0.1, 0.15) is 5.75 Å². The van der Waals surface area contributed by atoms with E-state index in [0.29, 0.717) is 17.5 Å². The first-order valence-corrected chi connectivity index (χ1v) is 7.83. The number of hydrogen-bond acceptors (Lipinski definition) is 1. The molecule has 0 fully saturated rings. The third-order valence-electron chi connectivity index (χ3n) is 3.58. The predicted octanol–water partition coefficient (Wildman–Crippen LogP) is 4.95. The number of hydrogen-bond donors (Lipinski definition) is 0. The van der Waals surface area contributed by atoms with Crippen LogP contribution < -0.4 is 4.74 Å². The maximum atomic E-state index is 6.21. The zero-order valence-corrected chi connectivity index (χ0v) is 12.7. The van der Waals surface area contributed by atoms with Crippen LogP contribution in [0.3, 0.4) is 0 Å². The van der Waals surface area contributed by atoms with E-state index in [-0.39, 0.29) is 0 Å². The van der Waals surface area contributed by atoms with Crippen LogP contribution in [-0.4, -0.2) is 6.61 Å². The fourth-order valence-electron chi connectivity index (χ4n) is 2.52. The van der Waals surface area contributed by atoms with Crippen LogP contribution in [0, 0.1) is 0 Å². The summed E-state index contributed by atoms with van der Waals surface area (Å²) in [6, 6.07) is 14.4. The van der Waals surface area contributed by atoms with E-state index in [9.17, 15) is 0 Å². The minimum absolute atomic E-state index is 0.496. The summed E-state index contributed by atoms with van der Waals surface area (Å²) in [5.74, 6) is 1.31. The second-order valence-electron chi connectivity index (χ2n) is 4.77. The van der Waals surface area contributed by atoms with Gasteiger partial charge in [-0.3, -0.25) is 0 Å². The van der Waals surface area contributed by atoms with Crippen molar-refractivity contribution in [2.75, 3.05) is 6.61 Å². The van der Waals surface area contributed by atoms with E-state index in [2.05, 4.69) is 40.2 Å². The second kappa shape index (κ2) is 5.56. The Kier molecular flexibility index (Phi) is 3.81. The Balaban J connectivity index is 1.72. The number of benzene rings is 2. The summed E-state index contributed by atoms with van der Waals surface area (Å²) >= 11 is 9.67. The zero-order valence-electron chi connectivity index (χ0n) is 10.4. The molecule has 98 valence electrons. The molecule has 1 atom stereocenters. The minimum Gasteiger partial charge on any atom is -0.491 e. The molecule has 0 N–H and O–H groups in total. The molecule has 1 aliphatic rings. The SMILES string of the molecule is Clc1cccc(CBr)c1OCC1Cc2ccccc21. The summed E-state index contributed by atoms with van der Waals surface area (Å²) in [6.07, 6.45) is 1.10. The number of fused-ring (bicyclic) bond motifs is 1. The van der Waals surface area contributed by atoms with Gasteiger partial charge in [0.15, 0.2) is 0 Å². The van der Waals surface area contributed by atoms with Crippen molar-refractivity contribution in [1.29, 1.82) is 0 Å². The van der Waals surface area contributed by atoms with Crippen molar-refractivity contribution < 1.29 is 4.74 Å². The third kappa shape index (κ3) is 2.52. The van der Waals surface area contributed by atoms with E-state index in [4.69, 9.17) is 16.3 Å². The Hall–Kier alpha value is -0.990. The van der Waals surface area contributed by atoms with E-state index in [1.807, 2.05) is 18.2 Å². The maximum absolute atomic E-state index is 6.21. The number of para-hydroxylation sites is 1. The highest BCUT2D eigenvalue weighted by atomic mass is 79.9. The van der Waals surface area contributed by atoms with E-state index >= 15 is 0 Å². The lowest BCUT2D eigenvalue weighted by atomic mass is 9.78. The molecule has 0 aliphatic heterocycles. The van der Waals surface area contributed by atoms with E-state index < -0.39 is 0 Å². The van der Waals surface area contributed by atoms with Crippen molar-refractivity contribution in [3.05, 3.63) is 64.2 Å². The molecule has 0 saturated carbocycles. The van der Waals surface area contributed by atoms with Crippen molar-refractivity contribution in [3.63, 3.8) is 0 Å². The summed E-state index contributed by atoms with van der Waals surface area (Å²) in [5, 5.41) is 1.44. The van der Waals surface area contributed by atoms with Crippen LogP contribution in [0.25, 0.3) is 0 Å². The van der Waals surface area contributed by atoms with Crippen molar-refractivity contribution >= 4 is 27.5 Å². The van der Waals surface area contributed by atoms with Gasteiger partial charge in [-0.15, -0.1) is 0 Å². The molecule has 2 aromatic carbocycles. The Bertz CT molecular complexity index is 597. The number of alkyl halides is 1. The van der Waals surface area contributed by atoms with Crippen molar-refractivity contribution in [3.8, 4) is 5.75 Å². The summed E-state index contributed by atoms with van der Waals surface area (Å²) in [5.41, 5.74) is 3.95. The van der Waals surface area contributed by atoms with Gasteiger partial charge in [-0.2, -0.15) is 0 Å². The quantitative estimate of drug-likeness (QED) is 0.717. The fourth-order valence-corrected chi connectivity index (χ4v) is 3.21. The van der Waals surface area contributed by atoms with Gasteiger partial charge in [-0.05, 0) is 23.6 Å². The van der Waals surface area contributed by atoms with Gasteiger partial charge in [0.05, 0.1) is 11.6 Å². The Morgan fingerprint density at radius 2 is 2.00 bits per heavy atom. The highest BCUT2D eigenvalue weighted by molar-refractivity contribution is 9.08. The highest BCUT2D eigenvalue weighted by Gasteiger charge is 2.26. The molecule has 1 aliphatic carbocycles. The lowest BCUT2D eigenvalue weighted by Crippen LogP contribution is -2.23. The predicted molar refractivity (Wildman–Crippen MR) is 82.5 cm³/mol. The zero-order chi connectivity index (χ0) is 13.2. The monoisotopic (exact) mass is 336 g/mol. The summed E-state index contributed by atoms with van der Waals surface area (Å²) in [4.78, 5) is 0. The Morgan fingerprint density at radius 3 is 2.79 bits per heavy atom. The van der Waals surface area contributed by atoms with Crippen LogP contribution in [-0.2, 0) is 11.8 Å². The van der Waals surface area contributed by atoms with Gasteiger partial charge in [-0.25, -0.2) is 0 Å². The molecule has 0 radical (unpaired) electrons. The van der Waals surface area contributed by atoms with Crippen LogP contribution in [0.5, 0.6) is 5.75 Å². The Labute approximate surface area is 126 Å². The Morgan fingerprint density at radius 1 is 1.16 bits per heavy atom.